The van der Waals surface area contributed by atoms with Gasteiger partial charge in [0, 0.05) is 11.3 Å². The fourth-order valence-corrected chi connectivity index (χ4v) is 5.97. The largest absolute Gasteiger partial charge is 0.455 e. The first-order valence-electron chi connectivity index (χ1n) is 14.8. The van der Waals surface area contributed by atoms with Crippen LogP contribution in [0.1, 0.15) is 57.8 Å². The van der Waals surface area contributed by atoms with Gasteiger partial charge in [-0.3, -0.25) is 14.9 Å². The van der Waals surface area contributed by atoms with Gasteiger partial charge < -0.3 is 4.74 Å². The molecule has 2 fully saturated rings. The molecule has 2 saturated carbocycles. The standard InChI is InChI=1S/C27H27F20NO4/c1-2-12-3-5-13(6-4-12)9-14-7-8-16(15(10-14)48(50)51)52-17(49)11-19(30,31)21(34,35)23(38,39)25(42,43)27(46,47)26(44,45)24(40,41)22(36,37)20(32,33)18(28)29/h2,12-16,18H,1,3-11H2. The Morgan fingerprint density at radius 1 is 0.673 bits per heavy atom. The molecular formula is C27H27F20NO4. The van der Waals surface area contributed by atoms with Gasteiger partial charge in [-0.25, -0.2) is 8.78 Å². The molecule has 0 N–H and O–H groups in total. The molecule has 0 aromatic rings. The molecule has 0 aromatic carbocycles. The van der Waals surface area contributed by atoms with Crippen molar-refractivity contribution in [3.8, 4) is 0 Å². The smallest absolute Gasteiger partial charge is 0.385 e. The first-order valence-corrected chi connectivity index (χ1v) is 14.8. The van der Waals surface area contributed by atoms with Crippen molar-refractivity contribution in [1.29, 1.82) is 0 Å². The maximum atomic E-state index is 14.3. The number of hydrogen-bond donors (Lipinski definition) is 0. The number of nitro groups is 1. The van der Waals surface area contributed by atoms with Crippen LogP contribution in [0.5, 0.6) is 0 Å². The molecule has 0 heterocycles. The van der Waals surface area contributed by atoms with E-state index in [0.717, 1.165) is 12.8 Å². The van der Waals surface area contributed by atoms with Gasteiger partial charge in [-0.1, -0.05) is 6.08 Å². The quantitative estimate of drug-likeness (QED) is 0.0512. The number of esters is 1. The molecule has 0 aromatic heterocycles. The van der Waals surface area contributed by atoms with E-state index in [-0.39, 0.29) is 18.3 Å². The minimum absolute atomic E-state index is 0.0171. The minimum Gasteiger partial charge on any atom is -0.455 e. The second kappa shape index (κ2) is 14.5. The maximum Gasteiger partial charge on any atom is 0.385 e. The highest BCUT2D eigenvalue weighted by Gasteiger charge is 2.96. The van der Waals surface area contributed by atoms with Gasteiger partial charge in [-0.15, -0.1) is 6.58 Å². The molecule has 0 aliphatic heterocycles. The summed E-state index contributed by atoms with van der Waals surface area (Å²) in [5, 5.41) is 11.6. The zero-order chi connectivity index (χ0) is 40.9. The predicted molar refractivity (Wildman–Crippen MR) is 133 cm³/mol. The molecule has 0 radical (unpaired) electrons. The lowest BCUT2D eigenvalue weighted by Crippen LogP contribution is -2.76. The molecule has 5 nitrogen and oxygen atoms in total. The Morgan fingerprint density at radius 2 is 1.08 bits per heavy atom. The van der Waals surface area contributed by atoms with Crippen molar-refractivity contribution < 1.29 is 102 Å². The van der Waals surface area contributed by atoms with Crippen molar-refractivity contribution in [3.63, 3.8) is 0 Å². The van der Waals surface area contributed by atoms with Crippen LogP contribution < -0.4 is 0 Å². The van der Waals surface area contributed by atoms with E-state index in [4.69, 9.17) is 0 Å². The average molecular weight is 809 g/mol. The van der Waals surface area contributed by atoms with Crippen molar-refractivity contribution in [2.24, 2.45) is 17.8 Å². The first-order chi connectivity index (χ1) is 23.1. The summed E-state index contributed by atoms with van der Waals surface area (Å²) in [6.07, 6.45) is -7.66. The van der Waals surface area contributed by atoms with Gasteiger partial charge in [-0.05, 0) is 62.7 Å². The summed E-state index contributed by atoms with van der Waals surface area (Å²) in [5.74, 6) is -79.7. The second-order valence-electron chi connectivity index (χ2n) is 12.6. The monoisotopic (exact) mass is 809 g/mol. The van der Waals surface area contributed by atoms with E-state index in [1.165, 1.54) is 0 Å². The van der Waals surface area contributed by atoms with Gasteiger partial charge in [-0.2, -0.15) is 79.0 Å². The van der Waals surface area contributed by atoms with E-state index in [1.807, 2.05) is 0 Å². The zero-order valence-electron chi connectivity index (χ0n) is 25.8. The van der Waals surface area contributed by atoms with E-state index in [0.29, 0.717) is 19.3 Å². The van der Waals surface area contributed by atoms with E-state index in [9.17, 15) is 103 Å². The Balaban J connectivity index is 2.31. The number of carbonyl (C=O) groups is 1. The second-order valence-corrected chi connectivity index (χ2v) is 12.6. The number of carbonyl (C=O) groups excluding carboxylic acids is 1. The average Bonchev–Trinajstić information content (AvgIpc) is 3.00. The maximum absolute atomic E-state index is 14.3. The Morgan fingerprint density at radius 3 is 1.48 bits per heavy atom. The molecule has 0 saturated heterocycles. The SMILES string of the molecule is C=CC1CCC(CC2CCC(OC(=O)CC(F)(F)C(F)(F)C(F)(F)C(F)(F)C(F)(F)C(F)(F)C(F)(F)C(F)(F)C(F)(F)C(F)F)C([N+](=O)[O-])C2)CC1. The number of rotatable bonds is 16. The Bertz CT molecular complexity index is 1300. The molecule has 0 bridgehead atoms. The molecular weight excluding hydrogens is 782 g/mol. The van der Waals surface area contributed by atoms with Crippen LogP contribution in [-0.2, 0) is 9.53 Å². The summed E-state index contributed by atoms with van der Waals surface area (Å²) in [7, 11) is 0. The lowest BCUT2D eigenvalue weighted by atomic mass is 9.73. The number of nitrogens with zero attached hydrogens (tertiary/aromatic N) is 1. The van der Waals surface area contributed by atoms with E-state index >= 15 is 0 Å². The Labute approximate surface area is 279 Å². The number of alkyl halides is 20. The van der Waals surface area contributed by atoms with Gasteiger partial charge in [0.2, 0.25) is 6.04 Å². The fourth-order valence-electron chi connectivity index (χ4n) is 5.97. The van der Waals surface area contributed by atoms with Crippen LogP contribution in [0.4, 0.5) is 87.8 Å². The lowest BCUT2D eigenvalue weighted by Gasteiger charge is -2.44. The van der Waals surface area contributed by atoms with Crippen LogP contribution in [0.2, 0.25) is 0 Å². The molecule has 52 heavy (non-hydrogen) atoms. The third kappa shape index (κ3) is 7.34. The highest BCUT2D eigenvalue weighted by Crippen LogP contribution is 2.65. The molecule has 2 aliphatic rings. The van der Waals surface area contributed by atoms with Crippen molar-refractivity contribution in [2.45, 2.75) is 130 Å². The molecule has 304 valence electrons. The fraction of sp³-hybridized carbons (Fsp3) is 0.889. The number of ether oxygens (including phenoxy) is 1. The molecule has 0 spiro atoms. The first kappa shape index (κ1) is 45.4. The molecule has 2 rings (SSSR count). The Hall–Kier alpha value is -2.79. The van der Waals surface area contributed by atoms with Gasteiger partial charge in [0.15, 0.2) is 6.10 Å². The highest BCUT2D eigenvalue weighted by atomic mass is 19.4. The molecule has 3 atom stereocenters. The third-order valence-corrected chi connectivity index (χ3v) is 9.19. The van der Waals surface area contributed by atoms with Crippen LogP contribution in [0.15, 0.2) is 12.7 Å². The molecule has 3 unspecified atom stereocenters. The van der Waals surface area contributed by atoms with Crippen LogP contribution in [0, 0.1) is 27.9 Å². The minimum atomic E-state index is -9.17. The lowest BCUT2D eigenvalue weighted by molar-refractivity contribution is -0.539. The summed E-state index contributed by atoms with van der Waals surface area (Å²) in [6.45, 7) is 3.67. The topological polar surface area (TPSA) is 69.4 Å². The van der Waals surface area contributed by atoms with Crippen molar-refractivity contribution in [2.75, 3.05) is 0 Å². The van der Waals surface area contributed by atoms with E-state index < -0.39 is 108 Å². The summed E-state index contributed by atoms with van der Waals surface area (Å²) < 4.78 is 277. The van der Waals surface area contributed by atoms with Crippen LogP contribution in [-0.4, -0.2) is 82.8 Å². The third-order valence-electron chi connectivity index (χ3n) is 9.19. The van der Waals surface area contributed by atoms with Gasteiger partial charge in [0.25, 0.3) is 0 Å². The summed E-state index contributed by atoms with van der Waals surface area (Å²) >= 11 is 0. The highest BCUT2D eigenvalue weighted by molar-refractivity contribution is 5.71. The summed E-state index contributed by atoms with van der Waals surface area (Å²) in [6, 6.07) is -1.94. The van der Waals surface area contributed by atoms with Gasteiger partial charge >= 0.3 is 65.7 Å². The van der Waals surface area contributed by atoms with E-state index in [1.54, 1.807) is 6.08 Å². The normalized spacial score (nSPS) is 25.2. The van der Waals surface area contributed by atoms with Gasteiger partial charge in [0.05, 0.1) is 0 Å². The van der Waals surface area contributed by atoms with Crippen LogP contribution >= 0.6 is 0 Å². The van der Waals surface area contributed by atoms with Crippen LogP contribution in [0.3, 0.4) is 0 Å². The van der Waals surface area contributed by atoms with Crippen molar-refractivity contribution >= 4 is 5.97 Å². The Kier molecular flexibility index (Phi) is 12.6. The summed E-state index contributed by atoms with van der Waals surface area (Å²) in [5.41, 5.74) is 0. The number of hydrogen-bond acceptors (Lipinski definition) is 4. The molecule has 25 heteroatoms. The number of allylic oxidation sites excluding steroid dienone is 1. The van der Waals surface area contributed by atoms with Crippen LogP contribution in [0.25, 0.3) is 0 Å². The number of halogens is 20. The van der Waals surface area contributed by atoms with Crippen molar-refractivity contribution in [3.05, 3.63) is 22.8 Å². The molecule has 2 aliphatic carbocycles. The zero-order valence-corrected chi connectivity index (χ0v) is 25.8. The van der Waals surface area contributed by atoms with E-state index in [2.05, 4.69) is 11.3 Å². The summed E-state index contributed by atoms with van der Waals surface area (Å²) in [4.78, 5) is 22.5. The predicted octanol–water partition coefficient (Wildman–Crippen LogP) is 10.1. The van der Waals surface area contributed by atoms with Gasteiger partial charge in [0.1, 0.15) is 6.42 Å². The van der Waals surface area contributed by atoms with Crippen molar-refractivity contribution in [1.82, 2.24) is 0 Å². The molecule has 0 amide bonds.